The van der Waals surface area contributed by atoms with Gasteiger partial charge in [0.2, 0.25) is 0 Å². The topological polar surface area (TPSA) is 95.1 Å². The van der Waals surface area contributed by atoms with Gasteiger partial charge in [-0.05, 0) is 30.7 Å². The Hall–Kier alpha value is -2.61. The molecule has 0 saturated carbocycles. The molecule has 0 fully saturated rings. The summed E-state index contributed by atoms with van der Waals surface area (Å²) in [6.45, 7) is 2.54. The number of anilines is 1. The summed E-state index contributed by atoms with van der Waals surface area (Å²) in [4.78, 5) is 16.7. The number of nitrogen functional groups attached to an aromatic ring is 1. The van der Waals surface area contributed by atoms with E-state index in [9.17, 15) is 4.79 Å². The minimum absolute atomic E-state index is 0.166. The normalized spacial score (nSPS) is 12.0. The van der Waals surface area contributed by atoms with Gasteiger partial charge in [-0.15, -0.1) is 0 Å². The van der Waals surface area contributed by atoms with E-state index in [0.29, 0.717) is 28.8 Å². The van der Waals surface area contributed by atoms with Gasteiger partial charge in [0.15, 0.2) is 0 Å². The lowest BCUT2D eigenvalue weighted by molar-refractivity contribution is 0.0509. The zero-order chi connectivity index (χ0) is 21.0. The van der Waals surface area contributed by atoms with E-state index in [2.05, 4.69) is 15.4 Å². The number of benzene rings is 1. The molecule has 0 aliphatic carbocycles. The van der Waals surface area contributed by atoms with Crippen LogP contribution < -0.4 is 11.1 Å². The van der Waals surface area contributed by atoms with Crippen LogP contribution in [0.3, 0.4) is 0 Å². The fraction of sp³-hybridized carbons (Fsp3) is 0.250. The highest BCUT2D eigenvalue weighted by molar-refractivity contribution is 6.42. The first-order valence-corrected chi connectivity index (χ1v) is 9.67. The van der Waals surface area contributed by atoms with Crippen molar-refractivity contribution in [1.82, 2.24) is 20.1 Å². The first-order valence-electron chi connectivity index (χ1n) is 8.91. The lowest BCUT2D eigenvalue weighted by Crippen LogP contribution is -2.32. The average molecular weight is 434 g/mol. The summed E-state index contributed by atoms with van der Waals surface area (Å²) in [5, 5.41) is 7.93. The van der Waals surface area contributed by atoms with Gasteiger partial charge < -0.3 is 15.8 Å². The Labute approximate surface area is 178 Å². The molecule has 0 radical (unpaired) electrons. The number of nitrogens with one attached hydrogen (secondary N) is 1. The summed E-state index contributed by atoms with van der Waals surface area (Å²) in [5.41, 5.74) is 8.72. The molecule has 3 rings (SSSR count). The number of hydrogen-bond acceptors (Lipinski definition) is 5. The zero-order valence-corrected chi connectivity index (χ0v) is 17.5. The third-order valence-electron chi connectivity index (χ3n) is 4.27. The van der Waals surface area contributed by atoms with Crippen molar-refractivity contribution in [2.75, 3.05) is 12.3 Å². The lowest BCUT2D eigenvalue weighted by atomic mass is 10.1. The van der Waals surface area contributed by atoms with Crippen molar-refractivity contribution in [2.24, 2.45) is 7.05 Å². The Morgan fingerprint density at radius 1 is 1.24 bits per heavy atom. The highest BCUT2D eigenvalue weighted by atomic mass is 35.5. The number of pyridine rings is 1. The molecular weight excluding hydrogens is 413 g/mol. The predicted molar refractivity (Wildman–Crippen MR) is 114 cm³/mol. The van der Waals surface area contributed by atoms with Crippen LogP contribution in [0.1, 0.15) is 22.8 Å². The number of aromatic nitrogens is 3. The molecule has 1 amide bonds. The number of carbonyl (C=O) groups is 1. The van der Waals surface area contributed by atoms with E-state index in [4.69, 9.17) is 33.7 Å². The van der Waals surface area contributed by atoms with Gasteiger partial charge in [-0.1, -0.05) is 29.3 Å². The van der Waals surface area contributed by atoms with E-state index in [1.54, 1.807) is 35.3 Å². The van der Waals surface area contributed by atoms with Crippen molar-refractivity contribution >= 4 is 34.9 Å². The number of ether oxygens (including phenoxy) is 1. The minimum Gasteiger partial charge on any atom is -0.383 e. The number of carbonyl (C=O) groups excluding carboxylic acids is 1. The number of amides is 1. The van der Waals surface area contributed by atoms with E-state index < -0.39 is 0 Å². The predicted octanol–water partition coefficient (Wildman–Crippen LogP) is 3.71. The second kappa shape index (κ2) is 9.26. The van der Waals surface area contributed by atoms with Crippen LogP contribution in [0.4, 0.5) is 5.82 Å². The van der Waals surface area contributed by atoms with Gasteiger partial charge in [-0.2, -0.15) is 5.10 Å². The van der Waals surface area contributed by atoms with Crippen molar-refractivity contribution in [3.63, 3.8) is 0 Å². The Morgan fingerprint density at radius 2 is 2.03 bits per heavy atom. The molecule has 0 aliphatic rings. The fourth-order valence-corrected chi connectivity index (χ4v) is 2.96. The van der Waals surface area contributed by atoms with Gasteiger partial charge in [0.1, 0.15) is 5.82 Å². The van der Waals surface area contributed by atoms with Crippen LogP contribution in [0.2, 0.25) is 10.0 Å². The van der Waals surface area contributed by atoms with Crippen LogP contribution in [0.15, 0.2) is 42.9 Å². The molecule has 2 heterocycles. The number of rotatable bonds is 7. The third kappa shape index (κ3) is 5.47. The van der Waals surface area contributed by atoms with E-state index >= 15 is 0 Å². The summed E-state index contributed by atoms with van der Waals surface area (Å²) in [6, 6.07) is 7.03. The molecule has 152 valence electrons. The van der Waals surface area contributed by atoms with E-state index in [1.807, 2.05) is 26.2 Å². The number of nitrogens with two attached hydrogens (primary N) is 1. The largest absolute Gasteiger partial charge is 0.383 e. The molecule has 0 bridgehead atoms. The molecule has 1 atom stereocenters. The summed E-state index contributed by atoms with van der Waals surface area (Å²) in [6.07, 6.45) is 4.94. The maximum atomic E-state index is 12.6. The van der Waals surface area contributed by atoms with Gasteiger partial charge in [0, 0.05) is 37.1 Å². The quantitative estimate of drug-likeness (QED) is 0.591. The third-order valence-corrected chi connectivity index (χ3v) is 5.01. The maximum Gasteiger partial charge on any atom is 0.255 e. The molecule has 3 aromatic rings. The summed E-state index contributed by atoms with van der Waals surface area (Å²) >= 11 is 11.9. The van der Waals surface area contributed by atoms with Gasteiger partial charge >= 0.3 is 0 Å². The van der Waals surface area contributed by atoms with Crippen LogP contribution >= 0.6 is 23.2 Å². The molecular formula is C20H21Cl2N5O2. The van der Waals surface area contributed by atoms with E-state index in [1.165, 1.54) is 0 Å². The fourth-order valence-electron chi connectivity index (χ4n) is 2.64. The molecule has 3 N–H and O–H groups in total. The molecule has 29 heavy (non-hydrogen) atoms. The first kappa shape index (κ1) is 21.1. The van der Waals surface area contributed by atoms with Crippen molar-refractivity contribution in [3.8, 4) is 11.1 Å². The van der Waals surface area contributed by atoms with Crippen molar-refractivity contribution in [3.05, 3.63) is 64.0 Å². The molecule has 0 aliphatic heterocycles. The summed E-state index contributed by atoms with van der Waals surface area (Å²) in [7, 11) is 1.82. The van der Waals surface area contributed by atoms with Crippen LogP contribution in [0.25, 0.3) is 11.1 Å². The monoisotopic (exact) mass is 433 g/mol. The van der Waals surface area contributed by atoms with Crippen LogP contribution in [-0.2, 0) is 18.4 Å². The van der Waals surface area contributed by atoms with Crippen molar-refractivity contribution in [1.29, 1.82) is 0 Å². The van der Waals surface area contributed by atoms with Gasteiger partial charge in [0.25, 0.3) is 5.91 Å². The molecule has 0 spiro atoms. The SMILES string of the molecule is C[C@@H](CNC(=O)c1cc(-c2cnn(C)c2)cnc1N)OCc1ccc(Cl)c(Cl)c1. The molecule has 0 unspecified atom stereocenters. The molecule has 0 saturated heterocycles. The Bertz CT molecular complexity index is 1020. The number of halogens is 2. The minimum atomic E-state index is -0.314. The summed E-state index contributed by atoms with van der Waals surface area (Å²) < 4.78 is 7.44. The van der Waals surface area contributed by atoms with Gasteiger partial charge in [-0.3, -0.25) is 9.48 Å². The van der Waals surface area contributed by atoms with Gasteiger partial charge in [0.05, 0.1) is 34.5 Å². The second-order valence-electron chi connectivity index (χ2n) is 6.64. The number of aryl methyl sites for hydroxylation is 1. The molecule has 7 nitrogen and oxygen atoms in total. The smallest absolute Gasteiger partial charge is 0.255 e. The van der Waals surface area contributed by atoms with Gasteiger partial charge in [-0.25, -0.2) is 4.98 Å². The summed E-state index contributed by atoms with van der Waals surface area (Å²) in [5.74, 6) is -0.148. The molecule has 2 aromatic heterocycles. The van der Waals surface area contributed by atoms with E-state index in [0.717, 1.165) is 16.7 Å². The average Bonchev–Trinajstić information content (AvgIpc) is 3.13. The van der Waals surface area contributed by atoms with Crippen LogP contribution in [0.5, 0.6) is 0 Å². The zero-order valence-electron chi connectivity index (χ0n) is 16.0. The Morgan fingerprint density at radius 3 is 2.72 bits per heavy atom. The molecule has 9 heteroatoms. The lowest BCUT2D eigenvalue weighted by Gasteiger charge is -2.15. The maximum absolute atomic E-state index is 12.6. The first-order chi connectivity index (χ1) is 13.8. The van der Waals surface area contributed by atoms with Crippen LogP contribution in [-0.4, -0.2) is 33.3 Å². The number of hydrogen-bond donors (Lipinski definition) is 2. The Kier molecular flexibility index (Phi) is 6.74. The van der Waals surface area contributed by atoms with Crippen molar-refractivity contribution < 1.29 is 9.53 Å². The number of nitrogens with zero attached hydrogens (tertiary/aromatic N) is 3. The second-order valence-corrected chi connectivity index (χ2v) is 7.45. The van der Waals surface area contributed by atoms with Crippen LogP contribution in [0, 0.1) is 0 Å². The molecule has 1 aromatic carbocycles. The highest BCUT2D eigenvalue weighted by Gasteiger charge is 2.14. The Balaban J connectivity index is 1.57. The van der Waals surface area contributed by atoms with E-state index in [-0.39, 0.29) is 17.8 Å². The highest BCUT2D eigenvalue weighted by Crippen LogP contribution is 2.23. The standard InChI is InChI=1S/C20H21Cl2N5O2/c1-12(29-11-13-3-4-17(21)18(22)5-13)7-25-20(28)16-6-14(8-24-19(16)23)15-9-26-27(2)10-15/h3-6,8-10,12H,7,11H2,1-2H3,(H2,23,24)(H,25,28)/t12-/m0/s1. The van der Waals surface area contributed by atoms with Crippen molar-refractivity contribution in [2.45, 2.75) is 19.6 Å².